The molecule has 3 N–H and O–H groups in total. The van der Waals surface area contributed by atoms with Crippen molar-refractivity contribution in [1.82, 2.24) is 5.32 Å². The number of carboxylic acid groups (broad SMARTS) is 1. The van der Waals surface area contributed by atoms with Gasteiger partial charge in [-0.2, -0.15) is 0 Å². The normalized spacial score (nSPS) is 12.5. The molecule has 130 valence electrons. The van der Waals surface area contributed by atoms with Gasteiger partial charge in [-0.15, -0.1) is 0 Å². The Bertz CT molecular complexity index is 647. The van der Waals surface area contributed by atoms with Crippen molar-refractivity contribution in [1.29, 1.82) is 0 Å². The highest BCUT2D eigenvalue weighted by Crippen LogP contribution is 2.17. The topological polar surface area (TPSA) is 105 Å². The highest BCUT2D eigenvalue weighted by molar-refractivity contribution is 5.98. The minimum Gasteiger partial charge on any atom is -0.478 e. The number of amides is 2. The standard InChI is InChI=1S/C17H22N2O5/c1-11(18-16(23)24-17(2,3)4)15(22)19-13-8-6-5-7-12(13)9-10-14(20)21/h5-11H,1-4H3,(H,18,23)(H,19,22)(H,20,21)/b10-9+/t11-/m0/s1. The van der Waals surface area contributed by atoms with Crippen LogP contribution < -0.4 is 10.6 Å². The number of hydrogen-bond acceptors (Lipinski definition) is 4. The molecule has 0 unspecified atom stereocenters. The predicted molar refractivity (Wildman–Crippen MR) is 90.6 cm³/mol. The summed E-state index contributed by atoms with van der Waals surface area (Å²) in [5.74, 6) is -1.53. The Balaban J connectivity index is 2.74. The number of carboxylic acids is 1. The SMILES string of the molecule is C[C@H](NC(=O)OC(C)(C)C)C(=O)Nc1ccccc1/C=C/C(=O)O. The van der Waals surface area contributed by atoms with E-state index in [1.807, 2.05) is 0 Å². The molecule has 0 saturated heterocycles. The summed E-state index contributed by atoms with van der Waals surface area (Å²) in [5.41, 5.74) is 0.324. The molecule has 1 rings (SSSR count). The number of hydrogen-bond donors (Lipinski definition) is 3. The maximum absolute atomic E-state index is 12.2. The average Bonchev–Trinajstić information content (AvgIpc) is 2.44. The van der Waals surface area contributed by atoms with E-state index in [0.717, 1.165) is 6.08 Å². The molecule has 0 aromatic heterocycles. The molecule has 7 heteroatoms. The van der Waals surface area contributed by atoms with Gasteiger partial charge in [0.1, 0.15) is 11.6 Å². The van der Waals surface area contributed by atoms with Crippen molar-refractivity contribution >= 4 is 29.7 Å². The monoisotopic (exact) mass is 334 g/mol. The minimum absolute atomic E-state index is 0.442. The molecule has 0 spiro atoms. The first kappa shape index (κ1) is 19.2. The number of aliphatic carboxylic acids is 1. The van der Waals surface area contributed by atoms with E-state index < -0.39 is 29.6 Å². The van der Waals surface area contributed by atoms with Gasteiger partial charge in [0.2, 0.25) is 5.91 Å². The maximum atomic E-state index is 12.2. The number of rotatable bonds is 5. The molecule has 0 fully saturated rings. The molecule has 0 aliphatic carbocycles. The fourth-order valence-electron chi connectivity index (χ4n) is 1.71. The number of benzene rings is 1. The molecule has 0 aliphatic rings. The van der Waals surface area contributed by atoms with Crippen LogP contribution in [-0.4, -0.2) is 34.7 Å². The largest absolute Gasteiger partial charge is 0.478 e. The van der Waals surface area contributed by atoms with E-state index in [1.165, 1.54) is 13.0 Å². The second-order valence-electron chi connectivity index (χ2n) is 6.12. The summed E-state index contributed by atoms with van der Waals surface area (Å²) >= 11 is 0. The number of carbonyl (C=O) groups excluding carboxylic acids is 2. The molecule has 0 saturated carbocycles. The molecule has 0 heterocycles. The van der Waals surface area contributed by atoms with Crippen LogP contribution in [0.5, 0.6) is 0 Å². The number of alkyl carbamates (subject to hydrolysis) is 1. The Morgan fingerprint density at radius 1 is 1.21 bits per heavy atom. The zero-order chi connectivity index (χ0) is 18.3. The van der Waals surface area contributed by atoms with Crippen LogP contribution in [0.2, 0.25) is 0 Å². The molecule has 7 nitrogen and oxygen atoms in total. The van der Waals surface area contributed by atoms with Gasteiger partial charge in [0, 0.05) is 11.8 Å². The summed E-state index contributed by atoms with van der Waals surface area (Å²) in [7, 11) is 0. The first-order valence-corrected chi connectivity index (χ1v) is 7.39. The van der Waals surface area contributed by atoms with Gasteiger partial charge in [-0.1, -0.05) is 18.2 Å². The van der Waals surface area contributed by atoms with E-state index in [0.29, 0.717) is 11.3 Å². The Kier molecular flexibility index (Phi) is 6.52. The van der Waals surface area contributed by atoms with E-state index >= 15 is 0 Å². The van der Waals surface area contributed by atoms with Gasteiger partial charge >= 0.3 is 12.1 Å². The van der Waals surface area contributed by atoms with Crippen molar-refractivity contribution in [3.8, 4) is 0 Å². The van der Waals surface area contributed by atoms with Crippen LogP contribution in [0.4, 0.5) is 10.5 Å². The summed E-state index contributed by atoms with van der Waals surface area (Å²) in [6.07, 6.45) is 1.67. The maximum Gasteiger partial charge on any atom is 0.408 e. The Morgan fingerprint density at radius 3 is 2.42 bits per heavy atom. The summed E-state index contributed by atoms with van der Waals surface area (Å²) < 4.78 is 5.09. The summed E-state index contributed by atoms with van der Waals surface area (Å²) in [6.45, 7) is 6.70. The van der Waals surface area contributed by atoms with Crippen LogP contribution in [0.25, 0.3) is 6.08 Å². The molecular weight excluding hydrogens is 312 g/mol. The van der Waals surface area contributed by atoms with Crippen molar-refractivity contribution < 1.29 is 24.2 Å². The number of anilines is 1. The van der Waals surface area contributed by atoms with E-state index in [1.54, 1.807) is 45.0 Å². The molecule has 0 aliphatic heterocycles. The first-order valence-electron chi connectivity index (χ1n) is 7.39. The van der Waals surface area contributed by atoms with Gasteiger partial charge in [0.15, 0.2) is 0 Å². The Hall–Kier alpha value is -2.83. The number of nitrogens with one attached hydrogen (secondary N) is 2. The summed E-state index contributed by atoms with van der Waals surface area (Å²) in [5, 5.41) is 13.8. The third-order valence-electron chi connectivity index (χ3n) is 2.75. The van der Waals surface area contributed by atoms with Gasteiger partial charge in [0.25, 0.3) is 0 Å². The molecule has 1 aromatic rings. The zero-order valence-corrected chi connectivity index (χ0v) is 14.1. The number of carbonyl (C=O) groups is 3. The van der Waals surface area contributed by atoms with Gasteiger partial charge in [0.05, 0.1) is 0 Å². The fourth-order valence-corrected chi connectivity index (χ4v) is 1.71. The van der Waals surface area contributed by atoms with E-state index in [-0.39, 0.29) is 0 Å². The quantitative estimate of drug-likeness (QED) is 0.718. The molecule has 0 bridgehead atoms. The van der Waals surface area contributed by atoms with Gasteiger partial charge < -0.3 is 20.5 Å². The lowest BCUT2D eigenvalue weighted by Gasteiger charge is -2.21. The van der Waals surface area contributed by atoms with Crippen molar-refractivity contribution in [2.24, 2.45) is 0 Å². The van der Waals surface area contributed by atoms with Crippen molar-refractivity contribution in [3.63, 3.8) is 0 Å². The van der Waals surface area contributed by atoms with Crippen LogP contribution in [0.1, 0.15) is 33.3 Å². The lowest BCUT2D eigenvalue weighted by atomic mass is 10.1. The molecule has 1 aromatic carbocycles. The van der Waals surface area contributed by atoms with Crippen LogP contribution in [0.15, 0.2) is 30.3 Å². The second-order valence-corrected chi connectivity index (χ2v) is 6.12. The van der Waals surface area contributed by atoms with Crippen molar-refractivity contribution in [3.05, 3.63) is 35.9 Å². The van der Waals surface area contributed by atoms with Gasteiger partial charge in [-0.05, 0) is 45.4 Å². The third kappa shape index (κ3) is 6.95. The average molecular weight is 334 g/mol. The van der Waals surface area contributed by atoms with Crippen LogP contribution in [0, 0.1) is 0 Å². The Morgan fingerprint density at radius 2 is 1.83 bits per heavy atom. The zero-order valence-electron chi connectivity index (χ0n) is 14.1. The molecule has 2 amide bonds. The predicted octanol–water partition coefficient (Wildman–Crippen LogP) is 2.64. The minimum atomic E-state index is -1.09. The van der Waals surface area contributed by atoms with Crippen LogP contribution >= 0.6 is 0 Å². The molecule has 24 heavy (non-hydrogen) atoms. The van der Waals surface area contributed by atoms with Gasteiger partial charge in [-0.3, -0.25) is 4.79 Å². The summed E-state index contributed by atoms with van der Waals surface area (Å²) in [4.78, 5) is 34.5. The van der Waals surface area contributed by atoms with Crippen LogP contribution in [-0.2, 0) is 14.3 Å². The third-order valence-corrected chi connectivity index (χ3v) is 2.75. The Labute approximate surface area is 140 Å². The highest BCUT2D eigenvalue weighted by atomic mass is 16.6. The van der Waals surface area contributed by atoms with E-state index in [9.17, 15) is 14.4 Å². The van der Waals surface area contributed by atoms with Crippen molar-refractivity contribution in [2.75, 3.05) is 5.32 Å². The van der Waals surface area contributed by atoms with E-state index in [4.69, 9.17) is 9.84 Å². The lowest BCUT2D eigenvalue weighted by molar-refractivity contribution is -0.131. The van der Waals surface area contributed by atoms with Crippen LogP contribution in [0.3, 0.4) is 0 Å². The van der Waals surface area contributed by atoms with Crippen molar-refractivity contribution in [2.45, 2.75) is 39.3 Å². The second kappa shape index (κ2) is 8.14. The van der Waals surface area contributed by atoms with E-state index in [2.05, 4.69) is 10.6 Å². The molecular formula is C17H22N2O5. The highest BCUT2D eigenvalue weighted by Gasteiger charge is 2.21. The number of ether oxygens (including phenoxy) is 1. The summed E-state index contributed by atoms with van der Waals surface area (Å²) in [6, 6.07) is 5.91. The smallest absolute Gasteiger partial charge is 0.408 e. The first-order chi connectivity index (χ1) is 11.1. The van der Waals surface area contributed by atoms with Gasteiger partial charge in [-0.25, -0.2) is 9.59 Å². The lowest BCUT2D eigenvalue weighted by Crippen LogP contribution is -2.44. The molecule has 0 radical (unpaired) electrons. The number of para-hydroxylation sites is 1. The fraction of sp³-hybridized carbons (Fsp3) is 0.353. The molecule has 1 atom stereocenters.